The van der Waals surface area contributed by atoms with Crippen molar-refractivity contribution in [3.8, 4) is 0 Å². The maximum Gasteiger partial charge on any atom is 0.236 e. The van der Waals surface area contributed by atoms with Crippen molar-refractivity contribution < 1.29 is 13.9 Å². The van der Waals surface area contributed by atoms with Crippen molar-refractivity contribution in [2.45, 2.75) is 18.3 Å². The minimum Gasteiger partial charge on any atom is -0.381 e. The first-order chi connectivity index (χ1) is 12.2. The van der Waals surface area contributed by atoms with Gasteiger partial charge in [0.1, 0.15) is 5.82 Å². The number of carbonyl (C=O) groups is 1. The highest BCUT2D eigenvalue weighted by molar-refractivity contribution is 7.22. The van der Waals surface area contributed by atoms with Crippen LogP contribution >= 0.6 is 11.3 Å². The molecule has 6 heteroatoms. The smallest absolute Gasteiger partial charge is 0.236 e. The number of anilines is 1. The Hall–Kier alpha value is -2.31. The lowest BCUT2D eigenvalue weighted by Crippen LogP contribution is -2.44. The zero-order valence-electron chi connectivity index (χ0n) is 13.5. The molecule has 4 rings (SSSR count). The molecule has 1 fully saturated rings. The molecule has 25 heavy (non-hydrogen) atoms. The molecule has 2 heterocycles. The Bertz CT molecular complexity index is 868. The van der Waals surface area contributed by atoms with Crippen LogP contribution in [0, 0.1) is 5.82 Å². The van der Waals surface area contributed by atoms with E-state index in [1.54, 1.807) is 12.1 Å². The topological polar surface area (TPSA) is 51.2 Å². The normalized spacial score (nSPS) is 16.7. The molecule has 1 aliphatic heterocycles. The number of rotatable bonds is 3. The highest BCUT2D eigenvalue weighted by atomic mass is 32.1. The molecular weight excluding hydrogens is 339 g/mol. The number of carbonyl (C=O) groups excluding carboxylic acids is 1. The van der Waals surface area contributed by atoms with Crippen LogP contribution in [0.15, 0.2) is 48.5 Å². The van der Waals surface area contributed by atoms with Gasteiger partial charge in [-0.3, -0.25) is 4.79 Å². The molecule has 0 bridgehead atoms. The molecule has 1 N–H and O–H groups in total. The molecule has 0 unspecified atom stereocenters. The second-order valence-electron chi connectivity index (χ2n) is 6.14. The number of fused-ring (bicyclic) bond motifs is 1. The van der Waals surface area contributed by atoms with Gasteiger partial charge in [0.25, 0.3) is 0 Å². The molecule has 4 nitrogen and oxygen atoms in total. The van der Waals surface area contributed by atoms with Crippen molar-refractivity contribution in [2.24, 2.45) is 0 Å². The zero-order valence-corrected chi connectivity index (χ0v) is 14.3. The van der Waals surface area contributed by atoms with Crippen molar-refractivity contribution >= 4 is 32.6 Å². The number of hydrogen-bond acceptors (Lipinski definition) is 4. The molecule has 1 saturated heterocycles. The van der Waals surface area contributed by atoms with E-state index in [9.17, 15) is 9.18 Å². The minimum absolute atomic E-state index is 0.110. The Kier molecular flexibility index (Phi) is 4.23. The van der Waals surface area contributed by atoms with E-state index in [4.69, 9.17) is 4.74 Å². The van der Waals surface area contributed by atoms with Gasteiger partial charge in [-0.2, -0.15) is 0 Å². The summed E-state index contributed by atoms with van der Waals surface area (Å²) in [7, 11) is 0. The number of nitrogens with zero attached hydrogens (tertiary/aromatic N) is 1. The van der Waals surface area contributed by atoms with Crippen LogP contribution in [0.1, 0.15) is 18.4 Å². The third-order valence-corrected chi connectivity index (χ3v) is 5.64. The Morgan fingerprint density at radius 2 is 1.84 bits per heavy atom. The van der Waals surface area contributed by atoms with E-state index < -0.39 is 5.41 Å². The molecule has 2 aromatic carbocycles. The van der Waals surface area contributed by atoms with Crippen molar-refractivity contribution in [3.05, 3.63) is 59.9 Å². The zero-order chi connectivity index (χ0) is 17.3. The predicted octanol–water partition coefficient (Wildman–Crippen LogP) is 4.12. The molecule has 0 spiro atoms. The number of halogens is 1. The summed E-state index contributed by atoms with van der Waals surface area (Å²) in [5.41, 5.74) is 0.963. The van der Waals surface area contributed by atoms with E-state index in [2.05, 4.69) is 10.3 Å². The molecule has 3 aromatic rings. The Morgan fingerprint density at radius 3 is 2.56 bits per heavy atom. The van der Waals surface area contributed by atoms with Crippen LogP contribution in [0.25, 0.3) is 10.2 Å². The largest absolute Gasteiger partial charge is 0.381 e. The first-order valence-electron chi connectivity index (χ1n) is 8.18. The second-order valence-corrected chi connectivity index (χ2v) is 7.17. The maximum absolute atomic E-state index is 13.3. The molecule has 1 amide bonds. The summed E-state index contributed by atoms with van der Waals surface area (Å²) in [5, 5.41) is 3.56. The number of nitrogens with one attached hydrogen (secondary N) is 1. The van der Waals surface area contributed by atoms with Crippen molar-refractivity contribution in [2.75, 3.05) is 18.5 Å². The Labute approximate surface area is 148 Å². The van der Waals surface area contributed by atoms with Gasteiger partial charge in [0, 0.05) is 13.2 Å². The summed E-state index contributed by atoms with van der Waals surface area (Å²) in [6.45, 7) is 1.01. The monoisotopic (exact) mass is 356 g/mol. The fourth-order valence-electron chi connectivity index (χ4n) is 3.28. The molecule has 1 aromatic heterocycles. The van der Waals surface area contributed by atoms with Gasteiger partial charge in [0.15, 0.2) is 5.13 Å². The van der Waals surface area contributed by atoms with Crippen molar-refractivity contribution in [1.29, 1.82) is 0 Å². The first kappa shape index (κ1) is 16.2. The average molecular weight is 356 g/mol. The van der Waals surface area contributed by atoms with Gasteiger partial charge in [0.2, 0.25) is 5.91 Å². The van der Waals surface area contributed by atoms with Crippen LogP contribution in [-0.4, -0.2) is 24.1 Å². The quantitative estimate of drug-likeness (QED) is 0.768. The van der Waals surface area contributed by atoms with Crippen LogP contribution in [-0.2, 0) is 14.9 Å². The lowest BCUT2D eigenvalue weighted by Gasteiger charge is -2.35. The summed E-state index contributed by atoms with van der Waals surface area (Å²) >= 11 is 1.45. The maximum atomic E-state index is 13.3. The molecule has 128 valence electrons. The fourth-order valence-corrected chi connectivity index (χ4v) is 4.14. The summed E-state index contributed by atoms with van der Waals surface area (Å²) in [5.74, 6) is -0.418. The van der Waals surface area contributed by atoms with Crippen LogP contribution < -0.4 is 5.32 Å². The van der Waals surface area contributed by atoms with E-state index >= 15 is 0 Å². The van der Waals surface area contributed by atoms with Gasteiger partial charge in [0.05, 0.1) is 15.6 Å². The third-order valence-electron chi connectivity index (χ3n) is 4.69. The summed E-state index contributed by atoms with van der Waals surface area (Å²) in [4.78, 5) is 17.6. The van der Waals surface area contributed by atoms with Gasteiger partial charge in [-0.15, -0.1) is 0 Å². The van der Waals surface area contributed by atoms with Gasteiger partial charge in [-0.25, -0.2) is 9.37 Å². The van der Waals surface area contributed by atoms with Crippen LogP contribution in [0.2, 0.25) is 0 Å². The third kappa shape index (κ3) is 3.03. The van der Waals surface area contributed by atoms with Gasteiger partial charge in [-0.1, -0.05) is 35.6 Å². The number of para-hydroxylation sites is 1. The Balaban J connectivity index is 1.66. The van der Waals surface area contributed by atoms with Gasteiger partial charge < -0.3 is 10.1 Å². The van der Waals surface area contributed by atoms with Crippen molar-refractivity contribution in [1.82, 2.24) is 4.98 Å². The van der Waals surface area contributed by atoms with Gasteiger partial charge in [-0.05, 0) is 42.7 Å². The SMILES string of the molecule is O=C(Nc1nc2ccccc2s1)C1(c2ccc(F)cc2)CCOCC1. The fraction of sp³-hybridized carbons (Fsp3) is 0.263. The van der Waals surface area contributed by atoms with Crippen LogP contribution in [0.5, 0.6) is 0 Å². The lowest BCUT2D eigenvalue weighted by molar-refractivity contribution is -0.125. The molecular formula is C19H17FN2O2S. The average Bonchev–Trinajstić information content (AvgIpc) is 3.05. The van der Waals surface area contributed by atoms with E-state index in [-0.39, 0.29) is 11.7 Å². The van der Waals surface area contributed by atoms with Crippen LogP contribution in [0.4, 0.5) is 9.52 Å². The number of ether oxygens (including phenoxy) is 1. The van der Waals surface area contributed by atoms with Gasteiger partial charge >= 0.3 is 0 Å². The molecule has 0 atom stereocenters. The van der Waals surface area contributed by atoms with E-state index in [1.807, 2.05) is 24.3 Å². The first-order valence-corrected chi connectivity index (χ1v) is 9.00. The van der Waals surface area contributed by atoms with Crippen LogP contribution in [0.3, 0.4) is 0 Å². The van der Waals surface area contributed by atoms with E-state index in [0.717, 1.165) is 15.8 Å². The number of thiazole rings is 1. The number of hydrogen-bond donors (Lipinski definition) is 1. The predicted molar refractivity (Wildman–Crippen MR) is 96.4 cm³/mol. The second kappa shape index (κ2) is 6.54. The minimum atomic E-state index is -0.718. The number of aromatic nitrogens is 1. The van der Waals surface area contributed by atoms with Crippen molar-refractivity contribution in [3.63, 3.8) is 0 Å². The standard InChI is InChI=1S/C19H17FN2O2S/c20-14-7-5-13(6-8-14)19(9-11-24-12-10-19)17(23)22-18-21-15-3-1-2-4-16(15)25-18/h1-8H,9-12H2,(H,21,22,23). The van der Waals surface area contributed by atoms with E-state index in [0.29, 0.717) is 31.2 Å². The molecule has 1 aliphatic rings. The Morgan fingerprint density at radius 1 is 1.12 bits per heavy atom. The molecule has 0 radical (unpaired) electrons. The molecule has 0 saturated carbocycles. The summed E-state index contributed by atoms with van der Waals surface area (Å²) in [6, 6.07) is 14.0. The van der Waals surface area contributed by atoms with E-state index in [1.165, 1.54) is 23.5 Å². The number of benzene rings is 2. The molecule has 0 aliphatic carbocycles. The summed E-state index contributed by atoms with van der Waals surface area (Å²) in [6.07, 6.45) is 1.13. The lowest BCUT2D eigenvalue weighted by atomic mass is 9.73. The highest BCUT2D eigenvalue weighted by Gasteiger charge is 2.42. The summed E-state index contributed by atoms with van der Waals surface area (Å²) < 4.78 is 19.8. The number of amides is 1. The highest BCUT2D eigenvalue weighted by Crippen LogP contribution is 2.37.